The van der Waals surface area contributed by atoms with Crippen LogP contribution in [0.25, 0.3) is 0 Å². The molecule has 0 aliphatic rings. The molecular weight excluding hydrogens is 256 g/mol. The maximum atomic E-state index is 11.5. The summed E-state index contributed by atoms with van der Waals surface area (Å²) in [6, 6.07) is 5.14. The van der Waals surface area contributed by atoms with E-state index in [1.165, 1.54) is 0 Å². The molecule has 2 aromatic rings. The van der Waals surface area contributed by atoms with Crippen LogP contribution in [-0.2, 0) is 13.0 Å². The van der Waals surface area contributed by atoms with Crippen molar-refractivity contribution in [2.45, 2.75) is 19.9 Å². The van der Waals surface area contributed by atoms with Gasteiger partial charge in [-0.3, -0.25) is 4.79 Å². The summed E-state index contributed by atoms with van der Waals surface area (Å²) in [5.41, 5.74) is 8.55. The molecule has 0 saturated carbocycles. The van der Waals surface area contributed by atoms with Gasteiger partial charge in [-0.15, -0.1) is 0 Å². The van der Waals surface area contributed by atoms with Gasteiger partial charge in [0.25, 0.3) is 5.91 Å². The van der Waals surface area contributed by atoms with Crippen molar-refractivity contribution in [1.82, 2.24) is 10.3 Å². The lowest BCUT2D eigenvalue weighted by atomic mass is 10.1. The van der Waals surface area contributed by atoms with Gasteiger partial charge in [-0.2, -0.15) is 0 Å². The van der Waals surface area contributed by atoms with Gasteiger partial charge < -0.3 is 20.8 Å². The maximum Gasteiger partial charge on any atom is 0.251 e. The summed E-state index contributed by atoms with van der Waals surface area (Å²) in [4.78, 5) is 15.8. The number of nitrogens with one attached hydrogen (secondary N) is 2. The first-order chi connectivity index (χ1) is 9.63. The predicted molar refractivity (Wildman–Crippen MR) is 77.5 cm³/mol. The zero-order valence-corrected chi connectivity index (χ0v) is 11.6. The summed E-state index contributed by atoms with van der Waals surface area (Å²) in [7, 11) is 1.58. The Kier molecular flexibility index (Phi) is 4.24. The molecule has 1 heterocycles. The van der Waals surface area contributed by atoms with Crippen LogP contribution in [0, 0.1) is 0 Å². The minimum Gasteiger partial charge on any atom is -0.449 e. The van der Waals surface area contributed by atoms with Crippen LogP contribution < -0.4 is 16.4 Å². The fourth-order valence-corrected chi connectivity index (χ4v) is 1.79. The summed E-state index contributed by atoms with van der Waals surface area (Å²) in [5.74, 6) is 0.553. The number of rotatable bonds is 5. The van der Waals surface area contributed by atoms with Crippen molar-refractivity contribution < 1.29 is 9.21 Å². The molecule has 6 nitrogen and oxygen atoms in total. The number of benzene rings is 1. The molecule has 0 radical (unpaired) electrons. The topological polar surface area (TPSA) is 93.2 Å². The van der Waals surface area contributed by atoms with Crippen LogP contribution in [0.5, 0.6) is 0 Å². The normalized spacial score (nSPS) is 10.3. The van der Waals surface area contributed by atoms with Crippen LogP contribution in [0.4, 0.5) is 11.4 Å². The minimum absolute atomic E-state index is 0.160. The molecule has 0 bridgehead atoms. The second-order valence-corrected chi connectivity index (χ2v) is 4.32. The van der Waals surface area contributed by atoms with E-state index in [0.29, 0.717) is 23.7 Å². The number of oxazole rings is 1. The molecule has 0 atom stereocenters. The average Bonchev–Trinajstić information content (AvgIpc) is 2.93. The van der Waals surface area contributed by atoms with Crippen LogP contribution in [0.2, 0.25) is 0 Å². The number of nitrogens with two attached hydrogens (primary N) is 1. The molecule has 1 aromatic carbocycles. The van der Waals surface area contributed by atoms with Crippen LogP contribution in [0.1, 0.15) is 28.9 Å². The Balaban J connectivity index is 2.04. The molecule has 106 valence electrons. The Hall–Kier alpha value is -2.50. The van der Waals surface area contributed by atoms with Crippen molar-refractivity contribution in [2.24, 2.45) is 0 Å². The van der Waals surface area contributed by atoms with E-state index in [-0.39, 0.29) is 5.91 Å². The molecule has 0 fully saturated rings. The highest BCUT2D eigenvalue weighted by atomic mass is 16.3. The van der Waals surface area contributed by atoms with Crippen LogP contribution >= 0.6 is 0 Å². The highest BCUT2D eigenvalue weighted by molar-refractivity contribution is 5.95. The zero-order chi connectivity index (χ0) is 14.5. The Morgan fingerprint density at radius 2 is 2.25 bits per heavy atom. The summed E-state index contributed by atoms with van der Waals surface area (Å²) >= 11 is 0. The second-order valence-electron chi connectivity index (χ2n) is 4.32. The highest BCUT2D eigenvalue weighted by Gasteiger charge is 2.07. The Bertz CT molecular complexity index is 607. The van der Waals surface area contributed by atoms with E-state index >= 15 is 0 Å². The number of carbonyl (C=O) groups excluding carboxylic acids is 1. The molecule has 6 heteroatoms. The summed E-state index contributed by atoms with van der Waals surface area (Å²) in [6.45, 7) is 2.51. The Morgan fingerprint density at radius 3 is 2.85 bits per heavy atom. The summed E-state index contributed by atoms with van der Waals surface area (Å²) in [6.07, 6.45) is 2.39. The number of aryl methyl sites for hydroxylation is 1. The van der Waals surface area contributed by atoms with Crippen molar-refractivity contribution in [2.75, 3.05) is 18.1 Å². The molecule has 0 spiro atoms. The lowest BCUT2D eigenvalue weighted by Crippen LogP contribution is -2.18. The van der Waals surface area contributed by atoms with Crippen molar-refractivity contribution in [3.05, 3.63) is 41.6 Å². The van der Waals surface area contributed by atoms with Gasteiger partial charge in [-0.1, -0.05) is 6.92 Å². The SMILES string of the molecule is CCc1nc(CNc2ccc(C(=O)NC)cc2N)co1. The van der Waals surface area contributed by atoms with Crippen molar-refractivity contribution in [3.63, 3.8) is 0 Å². The third-order valence-electron chi connectivity index (χ3n) is 2.90. The molecule has 2 rings (SSSR count). The monoisotopic (exact) mass is 274 g/mol. The van der Waals surface area contributed by atoms with Gasteiger partial charge in [0.2, 0.25) is 0 Å². The molecule has 1 aromatic heterocycles. The average molecular weight is 274 g/mol. The number of nitrogens with zero attached hydrogens (tertiary/aromatic N) is 1. The van der Waals surface area contributed by atoms with E-state index in [4.69, 9.17) is 10.2 Å². The first-order valence-electron chi connectivity index (χ1n) is 6.42. The number of amides is 1. The molecule has 0 aliphatic carbocycles. The van der Waals surface area contributed by atoms with Crippen LogP contribution in [0.15, 0.2) is 28.9 Å². The number of hydrogen-bond donors (Lipinski definition) is 3. The summed E-state index contributed by atoms with van der Waals surface area (Å²) < 4.78 is 5.26. The molecule has 4 N–H and O–H groups in total. The molecule has 20 heavy (non-hydrogen) atoms. The number of aromatic nitrogens is 1. The third-order valence-corrected chi connectivity index (χ3v) is 2.90. The van der Waals surface area contributed by atoms with Gasteiger partial charge in [-0.25, -0.2) is 4.98 Å². The molecule has 0 unspecified atom stereocenters. The minimum atomic E-state index is -0.160. The smallest absolute Gasteiger partial charge is 0.251 e. The standard InChI is InChI=1S/C14H18N4O2/c1-3-13-18-10(8-20-13)7-17-12-5-4-9(6-11(12)15)14(19)16-2/h4-6,8,17H,3,7,15H2,1-2H3,(H,16,19). The quantitative estimate of drug-likeness (QED) is 0.723. The van der Waals surface area contributed by atoms with Crippen molar-refractivity contribution in [1.29, 1.82) is 0 Å². The molecule has 0 aliphatic heterocycles. The largest absolute Gasteiger partial charge is 0.449 e. The predicted octanol–water partition coefficient (Wildman–Crippen LogP) is 1.79. The first kappa shape index (κ1) is 13.9. The first-order valence-corrected chi connectivity index (χ1v) is 6.42. The molecule has 0 saturated heterocycles. The fraction of sp³-hybridized carbons (Fsp3) is 0.286. The third kappa shape index (κ3) is 3.09. The maximum absolute atomic E-state index is 11.5. The van der Waals surface area contributed by atoms with Crippen molar-refractivity contribution >= 4 is 17.3 Å². The lowest BCUT2D eigenvalue weighted by Gasteiger charge is -2.09. The lowest BCUT2D eigenvalue weighted by molar-refractivity contribution is 0.0963. The number of carbonyl (C=O) groups is 1. The van der Waals surface area contributed by atoms with Gasteiger partial charge in [0, 0.05) is 19.0 Å². The van der Waals surface area contributed by atoms with Gasteiger partial charge in [0.1, 0.15) is 6.26 Å². The second kappa shape index (κ2) is 6.10. The van der Waals surface area contributed by atoms with Gasteiger partial charge in [0.15, 0.2) is 5.89 Å². The number of hydrogen-bond acceptors (Lipinski definition) is 5. The summed E-state index contributed by atoms with van der Waals surface area (Å²) in [5, 5.41) is 5.73. The van der Waals surface area contributed by atoms with E-state index in [1.807, 2.05) is 6.92 Å². The highest BCUT2D eigenvalue weighted by Crippen LogP contribution is 2.20. The Labute approximate surface area is 117 Å². The van der Waals surface area contributed by atoms with E-state index in [0.717, 1.165) is 17.8 Å². The van der Waals surface area contributed by atoms with E-state index in [2.05, 4.69) is 15.6 Å². The van der Waals surface area contributed by atoms with Crippen LogP contribution in [-0.4, -0.2) is 17.9 Å². The van der Waals surface area contributed by atoms with E-state index in [9.17, 15) is 4.79 Å². The van der Waals surface area contributed by atoms with Crippen LogP contribution in [0.3, 0.4) is 0 Å². The molecule has 1 amide bonds. The van der Waals surface area contributed by atoms with E-state index in [1.54, 1.807) is 31.5 Å². The van der Waals surface area contributed by atoms with Gasteiger partial charge in [0.05, 0.1) is 23.6 Å². The number of anilines is 2. The number of nitrogen functional groups attached to an aromatic ring is 1. The van der Waals surface area contributed by atoms with E-state index < -0.39 is 0 Å². The van der Waals surface area contributed by atoms with Gasteiger partial charge >= 0.3 is 0 Å². The zero-order valence-electron chi connectivity index (χ0n) is 11.6. The van der Waals surface area contributed by atoms with Gasteiger partial charge in [-0.05, 0) is 18.2 Å². The molecular formula is C14H18N4O2. The fourth-order valence-electron chi connectivity index (χ4n) is 1.79. The van der Waals surface area contributed by atoms with Crippen molar-refractivity contribution in [3.8, 4) is 0 Å². The Morgan fingerprint density at radius 1 is 1.45 bits per heavy atom.